The number of nitrogens with two attached hydrogens (primary N) is 1. The first kappa shape index (κ1) is 15.7. The maximum atomic E-state index is 12.6. The van der Waals surface area contributed by atoms with Gasteiger partial charge in [0.25, 0.3) is 5.91 Å². The summed E-state index contributed by atoms with van der Waals surface area (Å²) in [5.41, 5.74) is 7.42. The Bertz CT molecular complexity index is 421. The van der Waals surface area contributed by atoms with E-state index in [-0.39, 0.29) is 11.3 Å². The molecule has 3 nitrogen and oxygen atoms in total. The molecular formula is C16H26N2O. The molecule has 0 bridgehead atoms. The summed E-state index contributed by atoms with van der Waals surface area (Å²) < 4.78 is 0. The van der Waals surface area contributed by atoms with Crippen molar-refractivity contribution in [3.63, 3.8) is 0 Å². The molecule has 1 aromatic carbocycles. The second-order valence-electron chi connectivity index (χ2n) is 5.82. The highest BCUT2D eigenvalue weighted by Gasteiger charge is 2.23. The lowest BCUT2D eigenvalue weighted by Gasteiger charge is -2.26. The number of carbonyl (C=O) groups is 1. The highest BCUT2D eigenvalue weighted by Crippen LogP contribution is 2.26. The van der Waals surface area contributed by atoms with Gasteiger partial charge >= 0.3 is 0 Å². The van der Waals surface area contributed by atoms with Crippen molar-refractivity contribution >= 4 is 5.91 Å². The van der Waals surface area contributed by atoms with E-state index in [1.807, 2.05) is 36.1 Å². The zero-order valence-electron chi connectivity index (χ0n) is 12.6. The third-order valence-electron chi connectivity index (χ3n) is 3.27. The second kappa shape index (κ2) is 6.71. The Balaban J connectivity index is 3.05. The molecule has 2 N–H and O–H groups in total. The summed E-state index contributed by atoms with van der Waals surface area (Å²) in [6.07, 6.45) is 0.845. The van der Waals surface area contributed by atoms with Crippen LogP contribution in [0.4, 0.5) is 0 Å². The molecule has 0 aromatic heterocycles. The van der Waals surface area contributed by atoms with Crippen LogP contribution in [0.5, 0.6) is 0 Å². The van der Waals surface area contributed by atoms with Crippen LogP contribution < -0.4 is 5.73 Å². The van der Waals surface area contributed by atoms with E-state index in [2.05, 4.69) is 20.8 Å². The standard InChI is InChI=1S/C16H26N2O/c1-5-18(12-8-11-17)15(19)13-9-6-7-10-14(13)16(2,3)4/h6-7,9-10H,5,8,11-12,17H2,1-4H3. The van der Waals surface area contributed by atoms with Gasteiger partial charge in [-0.05, 0) is 36.9 Å². The minimum absolute atomic E-state index is 0.0282. The first-order valence-corrected chi connectivity index (χ1v) is 7.00. The topological polar surface area (TPSA) is 46.3 Å². The second-order valence-corrected chi connectivity index (χ2v) is 5.82. The fourth-order valence-electron chi connectivity index (χ4n) is 2.18. The largest absolute Gasteiger partial charge is 0.339 e. The Morgan fingerprint density at radius 2 is 1.89 bits per heavy atom. The molecule has 1 rings (SSSR count). The third kappa shape index (κ3) is 4.06. The number of hydrogen-bond donors (Lipinski definition) is 1. The van der Waals surface area contributed by atoms with Crippen LogP contribution in [0, 0.1) is 0 Å². The lowest BCUT2D eigenvalue weighted by molar-refractivity contribution is 0.0761. The summed E-state index contributed by atoms with van der Waals surface area (Å²) in [5.74, 6) is 0.112. The molecule has 0 atom stereocenters. The van der Waals surface area contributed by atoms with Gasteiger partial charge in [0.05, 0.1) is 0 Å². The molecule has 0 unspecified atom stereocenters. The molecule has 106 valence electrons. The number of amides is 1. The van der Waals surface area contributed by atoms with E-state index >= 15 is 0 Å². The molecule has 0 fully saturated rings. The number of carbonyl (C=O) groups excluding carboxylic acids is 1. The van der Waals surface area contributed by atoms with Gasteiger partial charge in [-0.15, -0.1) is 0 Å². The van der Waals surface area contributed by atoms with Crippen LogP contribution >= 0.6 is 0 Å². The van der Waals surface area contributed by atoms with Gasteiger partial charge in [-0.1, -0.05) is 39.0 Å². The van der Waals surface area contributed by atoms with Gasteiger partial charge in [-0.25, -0.2) is 0 Å². The number of rotatable bonds is 5. The van der Waals surface area contributed by atoms with Crippen LogP contribution in [0.25, 0.3) is 0 Å². The van der Waals surface area contributed by atoms with E-state index < -0.39 is 0 Å². The number of nitrogens with zero attached hydrogens (tertiary/aromatic N) is 1. The van der Waals surface area contributed by atoms with Crippen LogP contribution in [-0.4, -0.2) is 30.4 Å². The lowest BCUT2D eigenvalue weighted by atomic mass is 9.83. The van der Waals surface area contributed by atoms with E-state index in [4.69, 9.17) is 5.73 Å². The van der Waals surface area contributed by atoms with Crippen molar-refractivity contribution in [2.24, 2.45) is 5.73 Å². The van der Waals surface area contributed by atoms with Gasteiger partial charge in [0.2, 0.25) is 0 Å². The van der Waals surface area contributed by atoms with Crippen LogP contribution in [0.1, 0.15) is 50.0 Å². The van der Waals surface area contributed by atoms with Crippen LogP contribution in [0.15, 0.2) is 24.3 Å². The van der Waals surface area contributed by atoms with Crippen LogP contribution in [0.2, 0.25) is 0 Å². The first-order valence-electron chi connectivity index (χ1n) is 7.00. The molecule has 0 saturated heterocycles. The van der Waals surface area contributed by atoms with Crippen LogP contribution in [0.3, 0.4) is 0 Å². The van der Waals surface area contributed by atoms with E-state index in [0.29, 0.717) is 6.54 Å². The van der Waals surface area contributed by atoms with Crippen molar-refractivity contribution < 1.29 is 4.79 Å². The molecule has 0 heterocycles. The molecule has 3 heteroatoms. The van der Waals surface area contributed by atoms with E-state index in [1.54, 1.807) is 0 Å². The first-order chi connectivity index (χ1) is 8.91. The summed E-state index contributed by atoms with van der Waals surface area (Å²) in [5, 5.41) is 0. The normalized spacial score (nSPS) is 11.4. The number of hydrogen-bond acceptors (Lipinski definition) is 2. The van der Waals surface area contributed by atoms with Gasteiger partial charge in [-0.3, -0.25) is 4.79 Å². The van der Waals surface area contributed by atoms with Crippen molar-refractivity contribution in [1.29, 1.82) is 0 Å². The molecule has 1 amide bonds. The SMILES string of the molecule is CCN(CCCN)C(=O)c1ccccc1C(C)(C)C. The molecule has 0 aliphatic rings. The molecule has 0 radical (unpaired) electrons. The Morgan fingerprint density at radius 1 is 1.26 bits per heavy atom. The molecule has 0 aliphatic carbocycles. The van der Waals surface area contributed by atoms with Crippen LogP contribution in [-0.2, 0) is 5.41 Å². The Hall–Kier alpha value is -1.35. The molecule has 1 aromatic rings. The van der Waals surface area contributed by atoms with Crippen molar-refractivity contribution in [1.82, 2.24) is 4.90 Å². The van der Waals surface area contributed by atoms with Gasteiger partial charge in [0.15, 0.2) is 0 Å². The summed E-state index contributed by atoms with van der Waals surface area (Å²) in [4.78, 5) is 14.5. The quantitative estimate of drug-likeness (QED) is 0.887. The smallest absolute Gasteiger partial charge is 0.254 e. The molecular weight excluding hydrogens is 236 g/mol. The average molecular weight is 262 g/mol. The minimum atomic E-state index is -0.0282. The highest BCUT2D eigenvalue weighted by atomic mass is 16.2. The van der Waals surface area contributed by atoms with Gasteiger partial charge in [-0.2, -0.15) is 0 Å². The molecule has 0 saturated carbocycles. The van der Waals surface area contributed by atoms with Crippen molar-refractivity contribution in [3.8, 4) is 0 Å². The molecule has 0 spiro atoms. The molecule has 0 aliphatic heterocycles. The highest BCUT2D eigenvalue weighted by molar-refractivity contribution is 5.96. The summed E-state index contributed by atoms with van der Waals surface area (Å²) >= 11 is 0. The summed E-state index contributed by atoms with van der Waals surface area (Å²) in [6, 6.07) is 7.89. The minimum Gasteiger partial charge on any atom is -0.339 e. The van der Waals surface area contributed by atoms with Crippen molar-refractivity contribution in [2.45, 2.75) is 39.5 Å². The predicted octanol–water partition coefficient (Wildman–Crippen LogP) is 2.80. The predicted molar refractivity (Wildman–Crippen MR) is 80.4 cm³/mol. The fraction of sp³-hybridized carbons (Fsp3) is 0.562. The lowest BCUT2D eigenvalue weighted by Crippen LogP contribution is -2.34. The van der Waals surface area contributed by atoms with E-state index in [0.717, 1.165) is 30.6 Å². The van der Waals surface area contributed by atoms with E-state index in [1.165, 1.54) is 0 Å². The summed E-state index contributed by atoms with van der Waals surface area (Å²) in [7, 11) is 0. The van der Waals surface area contributed by atoms with Gasteiger partial charge < -0.3 is 10.6 Å². The van der Waals surface area contributed by atoms with Gasteiger partial charge in [0.1, 0.15) is 0 Å². The van der Waals surface area contributed by atoms with Crippen molar-refractivity contribution in [2.75, 3.05) is 19.6 Å². The average Bonchev–Trinajstić information content (AvgIpc) is 2.38. The zero-order valence-corrected chi connectivity index (χ0v) is 12.6. The molecule has 19 heavy (non-hydrogen) atoms. The Labute approximate surface area is 116 Å². The third-order valence-corrected chi connectivity index (χ3v) is 3.27. The Morgan fingerprint density at radius 3 is 2.42 bits per heavy atom. The maximum absolute atomic E-state index is 12.6. The fourth-order valence-corrected chi connectivity index (χ4v) is 2.18. The Kier molecular flexibility index (Phi) is 5.55. The summed E-state index contributed by atoms with van der Waals surface area (Å²) in [6.45, 7) is 10.5. The number of benzene rings is 1. The monoisotopic (exact) mass is 262 g/mol. The zero-order chi connectivity index (χ0) is 14.5. The maximum Gasteiger partial charge on any atom is 0.254 e. The van der Waals surface area contributed by atoms with Crippen molar-refractivity contribution in [3.05, 3.63) is 35.4 Å². The van der Waals surface area contributed by atoms with Gasteiger partial charge in [0, 0.05) is 18.7 Å². The van der Waals surface area contributed by atoms with E-state index in [9.17, 15) is 4.79 Å².